The Morgan fingerprint density at radius 3 is 2.21 bits per heavy atom. The minimum absolute atomic E-state index is 0.433. The molecule has 6 aliphatic rings. The molecule has 0 saturated carbocycles. The first-order valence-corrected chi connectivity index (χ1v) is 12.8. The van der Waals surface area contributed by atoms with Crippen LogP contribution in [0, 0.1) is 0 Å². The van der Waals surface area contributed by atoms with Gasteiger partial charge in [0.25, 0.3) is 0 Å². The molecule has 0 bridgehead atoms. The molecule has 1 spiro atoms. The molecule has 0 saturated heterocycles. The average molecular weight is 495 g/mol. The van der Waals surface area contributed by atoms with Crippen molar-refractivity contribution in [1.29, 1.82) is 0 Å². The van der Waals surface area contributed by atoms with Crippen LogP contribution < -0.4 is 10.7 Å². The van der Waals surface area contributed by atoms with Crippen LogP contribution in [0.4, 0.5) is 0 Å². The maximum atomic E-state index is 10.4. The first-order chi connectivity index (χ1) is 18.7. The predicted molar refractivity (Wildman–Crippen MR) is 144 cm³/mol. The first kappa shape index (κ1) is 20.0. The van der Waals surface area contributed by atoms with Crippen molar-refractivity contribution in [3.8, 4) is 0 Å². The summed E-state index contributed by atoms with van der Waals surface area (Å²) in [4.78, 5) is 16.5. The molecule has 6 aliphatic heterocycles. The second-order valence-electron chi connectivity index (χ2n) is 10.2. The Hall–Kier alpha value is -5.17. The van der Waals surface area contributed by atoms with E-state index in [1.54, 1.807) is 6.07 Å². The highest BCUT2D eigenvalue weighted by molar-refractivity contribution is 6.16. The molecule has 7 nitrogen and oxygen atoms in total. The maximum Gasteiger partial charge on any atom is 0.553 e. The third kappa shape index (κ3) is 2.32. The molecule has 38 heavy (non-hydrogen) atoms. The van der Waals surface area contributed by atoms with Crippen molar-refractivity contribution < 1.29 is 13.9 Å². The van der Waals surface area contributed by atoms with Gasteiger partial charge in [0.1, 0.15) is 0 Å². The van der Waals surface area contributed by atoms with Gasteiger partial charge in [-0.05, 0) is 54.6 Å². The van der Waals surface area contributed by atoms with Gasteiger partial charge in [0.15, 0.2) is 6.29 Å². The van der Waals surface area contributed by atoms with Crippen LogP contribution in [0.2, 0.25) is 0 Å². The molecule has 1 atom stereocenters. The maximum absolute atomic E-state index is 10.4. The van der Waals surface area contributed by atoms with E-state index in [-0.39, 0.29) is 0 Å². The highest BCUT2D eigenvalue weighted by Gasteiger charge is 2.69. The van der Waals surface area contributed by atoms with Crippen LogP contribution in [-0.4, -0.2) is 46.0 Å². The summed E-state index contributed by atoms with van der Waals surface area (Å²) in [5.74, 6) is -0.433. The summed E-state index contributed by atoms with van der Waals surface area (Å²) in [5, 5.41) is 2.51. The number of hydrogen-bond acceptors (Lipinski definition) is 1. The second-order valence-corrected chi connectivity index (χ2v) is 10.2. The number of rotatable bonds is 3. The van der Waals surface area contributed by atoms with Crippen LogP contribution in [0.15, 0.2) is 96.5 Å². The highest BCUT2D eigenvalue weighted by atomic mass is 16.1. The van der Waals surface area contributed by atoms with E-state index < -0.39 is 5.91 Å². The van der Waals surface area contributed by atoms with Gasteiger partial charge in [-0.15, -0.1) is 0 Å². The number of aromatic nitrogens is 4. The van der Waals surface area contributed by atoms with Crippen LogP contribution in [0.25, 0.3) is 18.2 Å². The molecular formula is C31H22N6O+2. The smallest absolute Gasteiger partial charge is 0.365 e. The number of carbonyl (C=O) groups excluding carboxylic acids is 1. The fraction of sp³-hybridized carbons (Fsp3) is 0.0645. The Bertz CT molecular complexity index is 2060. The number of aromatic amines is 2. The van der Waals surface area contributed by atoms with Gasteiger partial charge in [-0.1, -0.05) is 9.15 Å². The van der Waals surface area contributed by atoms with Crippen molar-refractivity contribution in [2.24, 2.45) is 0 Å². The second kappa shape index (κ2) is 6.77. The minimum atomic E-state index is -0.433. The zero-order valence-corrected chi connectivity index (χ0v) is 20.3. The molecule has 180 valence electrons. The lowest BCUT2D eigenvalue weighted by Gasteiger charge is -2.37. The van der Waals surface area contributed by atoms with Gasteiger partial charge in [-0.25, -0.2) is 0 Å². The van der Waals surface area contributed by atoms with Gasteiger partial charge in [-0.3, -0.25) is 4.79 Å². The molecule has 4 aromatic rings. The van der Waals surface area contributed by atoms with Gasteiger partial charge in [0, 0.05) is 60.5 Å². The molecule has 0 amide bonds. The molecule has 7 heteroatoms. The summed E-state index contributed by atoms with van der Waals surface area (Å²) in [6.07, 6.45) is 21.6. The molecule has 1 unspecified atom stereocenters. The van der Waals surface area contributed by atoms with Gasteiger partial charge in [0.05, 0.1) is 33.9 Å². The van der Waals surface area contributed by atoms with Crippen LogP contribution in [0.1, 0.15) is 33.3 Å². The predicted octanol–water partition coefficient (Wildman–Crippen LogP) is 2.39. The van der Waals surface area contributed by atoms with E-state index in [2.05, 4.69) is 101 Å². The number of carbonyl (C=O) groups is 1. The van der Waals surface area contributed by atoms with Crippen molar-refractivity contribution in [2.75, 3.05) is 0 Å². The minimum Gasteiger partial charge on any atom is -0.365 e. The lowest BCUT2D eigenvalue weighted by Crippen LogP contribution is -2.69. The van der Waals surface area contributed by atoms with E-state index in [0.29, 0.717) is 5.69 Å². The Morgan fingerprint density at radius 2 is 1.47 bits per heavy atom. The summed E-state index contributed by atoms with van der Waals surface area (Å²) >= 11 is 0. The fourth-order valence-corrected chi connectivity index (χ4v) is 6.68. The van der Waals surface area contributed by atoms with E-state index in [1.165, 1.54) is 44.9 Å². The van der Waals surface area contributed by atoms with E-state index in [4.69, 9.17) is 0 Å². The molecule has 4 aromatic heterocycles. The average Bonchev–Trinajstić information content (AvgIpc) is 3.76. The van der Waals surface area contributed by atoms with E-state index in [1.807, 2.05) is 24.4 Å². The van der Waals surface area contributed by atoms with Crippen molar-refractivity contribution in [3.05, 3.63) is 136 Å². The highest BCUT2D eigenvalue weighted by Crippen LogP contribution is 2.43. The van der Waals surface area contributed by atoms with Gasteiger partial charge >= 0.3 is 5.91 Å². The SMILES string of the molecule is C1=CC2=[N+]3C1=Cc1ccc4n1C31n3c(ccc3=C4)=CC3=[N+]1C(=C2)C=C3.O=Cc1ccc(Cc2ccc[nH]2)[nH]1. The zero-order chi connectivity index (χ0) is 25.0. The number of allylic oxidation sites excluding steroid dienone is 5. The Morgan fingerprint density at radius 1 is 0.737 bits per heavy atom. The van der Waals surface area contributed by atoms with Crippen molar-refractivity contribution in [1.82, 2.24) is 19.1 Å². The lowest BCUT2D eigenvalue weighted by molar-refractivity contribution is -0.836. The van der Waals surface area contributed by atoms with Gasteiger partial charge in [-0.2, -0.15) is 9.13 Å². The molecular weight excluding hydrogens is 472 g/mol. The topological polar surface area (TPSA) is 64.5 Å². The summed E-state index contributed by atoms with van der Waals surface area (Å²) < 4.78 is 9.92. The normalized spacial score (nSPS) is 21.3. The van der Waals surface area contributed by atoms with E-state index in [0.717, 1.165) is 24.1 Å². The van der Waals surface area contributed by atoms with Gasteiger partial charge < -0.3 is 9.97 Å². The van der Waals surface area contributed by atoms with Gasteiger partial charge in [0.2, 0.25) is 22.8 Å². The molecule has 2 N–H and O–H groups in total. The Balaban J connectivity index is 0.000000139. The number of nitrogens with zero attached hydrogens (tertiary/aromatic N) is 4. The lowest BCUT2D eigenvalue weighted by atomic mass is 10.1. The Labute approximate surface area is 217 Å². The number of H-pyrrole nitrogens is 2. The molecule has 10 rings (SSSR count). The third-order valence-corrected chi connectivity index (χ3v) is 8.09. The summed E-state index contributed by atoms with van der Waals surface area (Å²) in [6, 6.07) is 16.6. The Kier molecular flexibility index (Phi) is 3.56. The van der Waals surface area contributed by atoms with Crippen LogP contribution in [-0.2, 0) is 12.3 Å². The van der Waals surface area contributed by atoms with Crippen molar-refractivity contribution >= 4 is 35.9 Å². The number of hydrogen-bond donors (Lipinski definition) is 2. The quantitative estimate of drug-likeness (QED) is 0.334. The van der Waals surface area contributed by atoms with Crippen molar-refractivity contribution in [2.45, 2.75) is 12.3 Å². The van der Waals surface area contributed by atoms with Crippen LogP contribution >= 0.6 is 0 Å². The van der Waals surface area contributed by atoms with Crippen LogP contribution in [0.5, 0.6) is 0 Å². The third-order valence-electron chi connectivity index (χ3n) is 8.09. The molecule has 0 aliphatic carbocycles. The number of nitrogens with one attached hydrogen (secondary N) is 2. The largest absolute Gasteiger partial charge is 0.553 e. The number of aldehydes is 1. The van der Waals surface area contributed by atoms with Crippen LogP contribution in [0.3, 0.4) is 0 Å². The monoisotopic (exact) mass is 494 g/mol. The standard InChI is InChI=1S/C21H12N4.C10H10N2O/c1-2-14-10-16-5-6-18-12-20-8-7-19-11-17-4-3-15-9-13(1)22(14)21(23(15)17,24(16)18)25(19)20;13-7-10-4-3-9(12-10)6-8-2-1-5-11-8/h1-12H;1-5,7,11-12H,6H2/q+2;. The fourth-order valence-electron chi connectivity index (χ4n) is 6.68. The van der Waals surface area contributed by atoms with E-state index >= 15 is 0 Å². The zero-order valence-electron chi connectivity index (χ0n) is 20.3. The van der Waals surface area contributed by atoms with E-state index in [9.17, 15) is 4.79 Å². The summed E-state index contributed by atoms with van der Waals surface area (Å²) in [5.41, 5.74) is 10.3. The summed E-state index contributed by atoms with van der Waals surface area (Å²) in [6.45, 7) is 0. The molecule has 0 radical (unpaired) electrons. The molecule has 10 heterocycles. The molecule has 0 fully saturated rings. The van der Waals surface area contributed by atoms with Crippen molar-refractivity contribution in [3.63, 3.8) is 0 Å². The summed E-state index contributed by atoms with van der Waals surface area (Å²) in [7, 11) is 0. The molecule has 0 aromatic carbocycles. The first-order valence-electron chi connectivity index (χ1n) is 12.8.